The highest BCUT2D eigenvalue weighted by Crippen LogP contribution is 2.22. The molecule has 0 aliphatic heterocycles. The molecule has 0 bridgehead atoms. The Morgan fingerprint density at radius 3 is 2.87 bits per heavy atom. The molecule has 0 aromatic carbocycles. The molecule has 3 N–H and O–H groups in total. The van der Waals surface area contributed by atoms with Crippen molar-refractivity contribution in [3.05, 3.63) is 22.4 Å². The second-order valence-electron chi connectivity index (χ2n) is 3.84. The molecule has 0 spiro atoms. The van der Waals surface area contributed by atoms with Gasteiger partial charge in [-0.05, 0) is 45.1 Å². The van der Waals surface area contributed by atoms with Crippen molar-refractivity contribution in [3.8, 4) is 0 Å². The fraction of sp³-hybridized carbons (Fsp3) is 0.636. The maximum atomic E-state index is 5.45. The van der Waals surface area contributed by atoms with Gasteiger partial charge in [-0.25, -0.2) is 0 Å². The lowest BCUT2D eigenvalue weighted by Crippen LogP contribution is -2.31. The first-order valence-electron chi connectivity index (χ1n) is 5.36. The Morgan fingerprint density at radius 2 is 2.33 bits per heavy atom. The third kappa shape index (κ3) is 4.30. The molecule has 4 heteroatoms. The van der Waals surface area contributed by atoms with Crippen LogP contribution in [0.4, 0.5) is 0 Å². The summed E-state index contributed by atoms with van der Waals surface area (Å²) in [5.41, 5.74) is 5.45. The molecule has 0 saturated carbocycles. The van der Waals surface area contributed by atoms with Crippen LogP contribution in [0, 0.1) is 0 Å². The highest BCUT2D eigenvalue weighted by Gasteiger charge is 2.13. The molecule has 1 rings (SSSR count). The van der Waals surface area contributed by atoms with Gasteiger partial charge in [-0.15, -0.1) is 11.3 Å². The summed E-state index contributed by atoms with van der Waals surface area (Å²) < 4.78 is 0. The van der Waals surface area contributed by atoms with Crippen LogP contribution in [-0.4, -0.2) is 38.6 Å². The number of hydrogen-bond donors (Lipinski definition) is 2. The maximum absolute atomic E-state index is 5.45. The molecule has 0 aliphatic rings. The van der Waals surface area contributed by atoms with Crippen LogP contribution < -0.4 is 11.1 Å². The summed E-state index contributed by atoms with van der Waals surface area (Å²) in [4.78, 5) is 3.67. The Labute approximate surface area is 96.3 Å². The Morgan fingerprint density at radius 1 is 1.53 bits per heavy atom. The maximum Gasteiger partial charge on any atom is 0.0561 e. The fourth-order valence-corrected chi connectivity index (χ4v) is 2.41. The van der Waals surface area contributed by atoms with Crippen LogP contribution in [0.3, 0.4) is 0 Å². The highest BCUT2D eigenvalue weighted by molar-refractivity contribution is 7.10. The molecule has 0 amide bonds. The van der Waals surface area contributed by atoms with E-state index in [1.165, 1.54) is 4.88 Å². The zero-order valence-corrected chi connectivity index (χ0v) is 10.4. The number of nitrogens with two attached hydrogens (primary N) is 1. The number of rotatable bonds is 7. The molecule has 86 valence electrons. The number of likely N-dealkylation sites (N-methyl/N-ethyl adjacent to an activating group) is 1. The minimum Gasteiger partial charge on any atom is -0.330 e. The molecule has 1 heterocycles. The van der Waals surface area contributed by atoms with E-state index in [2.05, 4.69) is 41.8 Å². The van der Waals surface area contributed by atoms with E-state index in [0.717, 1.165) is 26.1 Å². The van der Waals surface area contributed by atoms with E-state index in [1.54, 1.807) is 0 Å². The van der Waals surface area contributed by atoms with Gasteiger partial charge in [0.25, 0.3) is 0 Å². The second kappa shape index (κ2) is 6.95. The first-order valence-corrected chi connectivity index (χ1v) is 6.24. The molecule has 0 radical (unpaired) electrons. The van der Waals surface area contributed by atoms with Crippen molar-refractivity contribution in [2.24, 2.45) is 5.73 Å². The van der Waals surface area contributed by atoms with Crippen LogP contribution in [0.5, 0.6) is 0 Å². The molecule has 0 aliphatic carbocycles. The predicted molar refractivity (Wildman–Crippen MR) is 67.3 cm³/mol. The van der Waals surface area contributed by atoms with Crippen LogP contribution >= 0.6 is 11.3 Å². The van der Waals surface area contributed by atoms with Crippen molar-refractivity contribution >= 4 is 11.3 Å². The van der Waals surface area contributed by atoms with Gasteiger partial charge in [0, 0.05) is 11.4 Å². The van der Waals surface area contributed by atoms with Gasteiger partial charge in [-0.2, -0.15) is 0 Å². The van der Waals surface area contributed by atoms with E-state index in [-0.39, 0.29) is 0 Å². The SMILES string of the molecule is CN(C)C(CNCCCN)c1cccs1. The number of thiophene rings is 1. The van der Waals surface area contributed by atoms with Gasteiger partial charge in [0.05, 0.1) is 6.04 Å². The molecule has 0 saturated heterocycles. The van der Waals surface area contributed by atoms with E-state index in [9.17, 15) is 0 Å². The van der Waals surface area contributed by atoms with Crippen molar-refractivity contribution in [3.63, 3.8) is 0 Å². The topological polar surface area (TPSA) is 41.3 Å². The summed E-state index contributed by atoms with van der Waals surface area (Å²) in [5.74, 6) is 0. The Bertz CT molecular complexity index is 246. The van der Waals surface area contributed by atoms with Crippen LogP contribution in [0.15, 0.2) is 17.5 Å². The summed E-state index contributed by atoms with van der Waals surface area (Å²) in [6, 6.07) is 4.78. The summed E-state index contributed by atoms with van der Waals surface area (Å²) >= 11 is 1.82. The summed E-state index contributed by atoms with van der Waals surface area (Å²) in [5, 5.41) is 5.57. The van der Waals surface area contributed by atoms with Crippen LogP contribution in [0.1, 0.15) is 17.3 Å². The normalized spacial score (nSPS) is 13.3. The van der Waals surface area contributed by atoms with Crippen molar-refractivity contribution < 1.29 is 0 Å². The number of nitrogens with one attached hydrogen (secondary N) is 1. The number of nitrogens with zero attached hydrogens (tertiary/aromatic N) is 1. The van der Waals surface area contributed by atoms with Gasteiger partial charge in [0.2, 0.25) is 0 Å². The van der Waals surface area contributed by atoms with E-state index in [0.29, 0.717) is 6.04 Å². The molecular formula is C11H21N3S. The van der Waals surface area contributed by atoms with Crippen molar-refractivity contribution in [1.82, 2.24) is 10.2 Å². The lowest BCUT2D eigenvalue weighted by molar-refractivity contribution is 0.293. The van der Waals surface area contributed by atoms with Crippen molar-refractivity contribution in [2.45, 2.75) is 12.5 Å². The zero-order chi connectivity index (χ0) is 11.1. The summed E-state index contributed by atoms with van der Waals surface area (Å²) in [6.07, 6.45) is 1.05. The summed E-state index contributed by atoms with van der Waals surface area (Å²) in [6.45, 7) is 2.76. The molecule has 3 nitrogen and oxygen atoms in total. The van der Waals surface area contributed by atoms with E-state index < -0.39 is 0 Å². The molecular weight excluding hydrogens is 206 g/mol. The average molecular weight is 227 g/mol. The van der Waals surface area contributed by atoms with Crippen molar-refractivity contribution in [2.75, 3.05) is 33.7 Å². The summed E-state index contributed by atoms with van der Waals surface area (Å²) in [7, 11) is 4.24. The number of hydrogen-bond acceptors (Lipinski definition) is 4. The third-order valence-electron chi connectivity index (χ3n) is 2.39. The molecule has 1 atom stereocenters. The first kappa shape index (κ1) is 12.6. The van der Waals surface area contributed by atoms with Gasteiger partial charge < -0.3 is 16.0 Å². The Kier molecular flexibility index (Phi) is 5.86. The fourth-order valence-electron chi connectivity index (χ4n) is 1.48. The van der Waals surface area contributed by atoms with Gasteiger partial charge in [-0.1, -0.05) is 6.07 Å². The van der Waals surface area contributed by atoms with Crippen LogP contribution in [0.2, 0.25) is 0 Å². The van der Waals surface area contributed by atoms with Crippen molar-refractivity contribution in [1.29, 1.82) is 0 Å². The smallest absolute Gasteiger partial charge is 0.0561 e. The average Bonchev–Trinajstić information content (AvgIpc) is 2.70. The largest absolute Gasteiger partial charge is 0.330 e. The molecule has 1 aromatic rings. The van der Waals surface area contributed by atoms with Gasteiger partial charge in [0.1, 0.15) is 0 Å². The van der Waals surface area contributed by atoms with Crippen LogP contribution in [-0.2, 0) is 0 Å². The minimum absolute atomic E-state index is 0.475. The molecule has 1 aromatic heterocycles. The monoisotopic (exact) mass is 227 g/mol. The van der Waals surface area contributed by atoms with E-state index in [4.69, 9.17) is 5.73 Å². The lowest BCUT2D eigenvalue weighted by Gasteiger charge is -2.23. The second-order valence-corrected chi connectivity index (χ2v) is 4.82. The Hall–Kier alpha value is -0.420. The quantitative estimate of drug-likeness (QED) is 0.690. The van der Waals surface area contributed by atoms with E-state index >= 15 is 0 Å². The molecule has 1 unspecified atom stereocenters. The van der Waals surface area contributed by atoms with Gasteiger partial charge in [-0.3, -0.25) is 0 Å². The first-order chi connectivity index (χ1) is 7.25. The van der Waals surface area contributed by atoms with Gasteiger partial charge >= 0.3 is 0 Å². The Balaban J connectivity index is 2.39. The lowest BCUT2D eigenvalue weighted by atomic mass is 10.2. The third-order valence-corrected chi connectivity index (χ3v) is 3.36. The zero-order valence-electron chi connectivity index (χ0n) is 9.57. The van der Waals surface area contributed by atoms with Gasteiger partial charge in [0.15, 0.2) is 0 Å². The standard InChI is InChI=1S/C11H21N3S/c1-14(2)10(9-13-7-4-6-12)11-5-3-8-15-11/h3,5,8,10,13H,4,6-7,9,12H2,1-2H3. The van der Waals surface area contributed by atoms with E-state index in [1.807, 2.05) is 11.3 Å². The minimum atomic E-state index is 0.475. The molecule has 0 fully saturated rings. The van der Waals surface area contributed by atoms with Crippen LogP contribution in [0.25, 0.3) is 0 Å². The predicted octanol–water partition coefficient (Wildman–Crippen LogP) is 1.29. The highest BCUT2D eigenvalue weighted by atomic mass is 32.1. The molecule has 15 heavy (non-hydrogen) atoms.